The van der Waals surface area contributed by atoms with E-state index in [0.29, 0.717) is 0 Å². The average molecular weight is 386 g/mol. The Hall–Kier alpha value is -0.780. The molecule has 0 saturated heterocycles. The number of nitrogens with zero attached hydrogens (tertiary/aromatic N) is 1. The maximum Gasteiger partial charge on any atom is 0.183 e. The van der Waals surface area contributed by atoms with Crippen LogP contribution in [0.1, 0.15) is 11.3 Å². The van der Waals surface area contributed by atoms with E-state index in [-0.39, 0.29) is 0 Å². The van der Waals surface area contributed by atoms with Crippen LogP contribution in [0.15, 0.2) is 43.9 Å². The number of hydrogen-bond donors (Lipinski definition) is 1. The molecule has 0 unspecified atom stereocenters. The van der Waals surface area contributed by atoms with E-state index in [9.17, 15) is 0 Å². The summed E-state index contributed by atoms with van der Waals surface area (Å²) >= 11 is 6.84. The highest BCUT2D eigenvalue weighted by Crippen LogP contribution is 2.29. The minimum absolute atomic E-state index is 0.753. The zero-order chi connectivity index (χ0) is 13.2. The summed E-state index contributed by atoms with van der Waals surface area (Å²) in [6.07, 6.45) is 0. The lowest BCUT2D eigenvalue weighted by molar-refractivity contribution is 0.480. The van der Waals surface area contributed by atoms with Gasteiger partial charge in [-0.3, -0.25) is 0 Å². The second-order valence-corrected chi connectivity index (χ2v) is 6.14. The summed E-state index contributed by atoms with van der Waals surface area (Å²) < 4.78 is 7.40. The van der Waals surface area contributed by atoms with Crippen LogP contribution in [0.3, 0.4) is 0 Å². The lowest BCUT2D eigenvalue weighted by atomic mass is 10.1. The lowest BCUT2D eigenvalue weighted by Crippen LogP contribution is -2.28. The van der Waals surface area contributed by atoms with Gasteiger partial charge in [0.2, 0.25) is 0 Å². The van der Waals surface area contributed by atoms with E-state index in [1.165, 1.54) is 11.3 Å². The Morgan fingerprint density at radius 3 is 2.89 bits per heavy atom. The molecule has 0 saturated carbocycles. The van der Waals surface area contributed by atoms with Gasteiger partial charge in [0.05, 0.1) is 11.0 Å². The summed E-state index contributed by atoms with van der Waals surface area (Å²) in [5, 5.41) is 3.44. The zero-order valence-corrected chi connectivity index (χ0v) is 13.5. The molecule has 1 aromatic carbocycles. The van der Waals surface area contributed by atoms with Gasteiger partial charge in [-0.15, -0.1) is 0 Å². The third-order valence-electron chi connectivity index (χ3n) is 3.25. The predicted molar refractivity (Wildman–Crippen MR) is 83.3 cm³/mol. The number of para-hydroxylation sites is 1. The van der Waals surface area contributed by atoms with Crippen LogP contribution in [0.25, 0.3) is 0 Å². The molecule has 3 rings (SSSR count). The summed E-state index contributed by atoms with van der Waals surface area (Å²) in [5.74, 6) is 0.954. The van der Waals surface area contributed by atoms with Crippen molar-refractivity contribution in [1.82, 2.24) is 5.32 Å². The first kappa shape index (κ1) is 13.2. The van der Waals surface area contributed by atoms with Crippen molar-refractivity contribution in [3.05, 3.63) is 50.8 Å². The summed E-state index contributed by atoms with van der Waals surface area (Å²) in [6, 6.07) is 10.5. The molecule has 0 fully saturated rings. The van der Waals surface area contributed by atoms with E-state index < -0.39 is 0 Å². The molecule has 100 valence electrons. The second-order valence-electron chi connectivity index (χ2n) is 4.56. The summed E-state index contributed by atoms with van der Waals surface area (Å²) in [4.78, 5) is 2.35. The van der Waals surface area contributed by atoms with Gasteiger partial charge in [0.25, 0.3) is 0 Å². The molecule has 0 spiro atoms. The predicted octanol–water partition coefficient (Wildman–Crippen LogP) is 3.91. The van der Waals surface area contributed by atoms with Crippen molar-refractivity contribution < 1.29 is 4.42 Å². The molecule has 5 heteroatoms. The van der Waals surface area contributed by atoms with E-state index in [1.54, 1.807) is 0 Å². The van der Waals surface area contributed by atoms with Crippen LogP contribution in [0.4, 0.5) is 5.69 Å². The molecule has 1 N–H and O–H groups in total. The minimum Gasteiger partial charge on any atom is -0.451 e. The minimum atomic E-state index is 0.753. The van der Waals surface area contributed by atoms with E-state index in [0.717, 1.165) is 41.1 Å². The quantitative estimate of drug-likeness (QED) is 0.849. The Balaban J connectivity index is 1.88. The highest BCUT2D eigenvalue weighted by molar-refractivity contribution is 9.13. The fraction of sp³-hybridized carbons (Fsp3) is 0.286. The number of nitrogens with one attached hydrogen (secondary N) is 1. The maximum absolute atomic E-state index is 5.68. The lowest BCUT2D eigenvalue weighted by Gasteiger charge is -2.23. The highest BCUT2D eigenvalue weighted by atomic mass is 79.9. The topological polar surface area (TPSA) is 28.4 Å². The maximum atomic E-state index is 5.68. The SMILES string of the molecule is Brc1cc(CN2CCNCc3ccccc32)oc1Br. The fourth-order valence-corrected chi connectivity index (χ4v) is 3.01. The van der Waals surface area contributed by atoms with Gasteiger partial charge < -0.3 is 14.6 Å². The molecule has 0 aliphatic carbocycles. The van der Waals surface area contributed by atoms with Gasteiger partial charge in [-0.1, -0.05) is 18.2 Å². The van der Waals surface area contributed by atoms with Crippen molar-refractivity contribution in [2.75, 3.05) is 18.0 Å². The number of benzene rings is 1. The molecule has 19 heavy (non-hydrogen) atoms. The number of anilines is 1. The Labute approximate surface area is 129 Å². The van der Waals surface area contributed by atoms with Crippen LogP contribution in [0.2, 0.25) is 0 Å². The molecule has 3 nitrogen and oxygen atoms in total. The molecule has 0 radical (unpaired) electrons. The van der Waals surface area contributed by atoms with Crippen LogP contribution in [-0.2, 0) is 13.1 Å². The first-order valence-electron chi connectivity index (χ1n) is 6.21. The molecule has 0 bridgehead atoms. The van der Waals surface area contributed by atoms with Gasteiger partial charge in [-0.2, -0.15) is 0 Å². The third-order valence-corrected chi connectivity index (χ3v) is 4.96. The number of furan rings is 1. The smallest absolute Gasteiger partial charge is 0.183 e. The molecule has 2 aromatic rings. The summed E-state index contributed by atoms with van der Waals surface area (Å²) in [5.41, 5.74) is 2.63. The van der Waals surface area contributed by atoms with Crippen LogP contribution in [0.5, 0.6) is 0 Å². The Bertz CT molecular complexity index is 563. The van der Waals surface area contributed by atoms with Crippen molar-refractivity contribution in [1.29, 1.82) is 0 Å². The number of rotatable bonds is 2. The first-order valence-corrected chi connectivity index (χ1v) is 7.80. The number of hydrogen-bond acceptors (Lipinski definition) is 3. The standard InChI is InChI=1S/C14H14Br2N2O/c15-12-7-11(19-14(12)16)9-18-6-5-17-8-10-3-1-2-4-13(10)18/h1-4,7,17H,5-6,8-9H2. The van der Waals surface area contributed by atoms with E-state index in [1.807, 2.05) is 6.07 Å². The number of fused-ring (bicyclic) bond motifs is 1. The number of halogens is 2. The van der Waals surface area contributed by atoms with Crippen molar-refractivity contribution in [3.63, 3.8) is 0 Å². The first-order chi connectivity index (χ1) is 9.24. The highest BCUT2D eigenvalue weighted by Gasteiger charge is 2.16. The molecule has 0 amide bonds. The van der Waals surface area contributed by atoms with Gasteiger partial charge in [-0.25, -0.2) is 0 Å². The third kappa shape index (κ3) is 2.88. The average Bonchev–Trinajstić information content (AvgIpc) is 2.62. The van der Waals surface area contributed by atoms with Gasteiger partial charge >= 0.3 is 0 Å². The van der Waals surface area contributed by atoms with Gasteiger partial charge in [-0.05, 0) is 49.6 Å². The molecular weight excluding hydrogens is 372 g/mol. The summed E-state index contributed by atoms with van der Waals surface area (Å²) in [7, 11) is 0. The molecule has 0 atom stereocenters. The van der Waals surface area contributed by atoms with Gasteiger partial charge in [0.1, 0.15) is 5.76 Å². The van der Waals surface area contributed by atoms with Gasteiger partial charge in [0, 0.05) is 25.3 Å². The normalized spacial score (nSPS) is 15.2. The van der Waals surface area contributed by atoms with E-state index in [4.69, 9.17) is 4.42 Å². The van der Waals surface area contributed by atoms with E-state index >= 15 is 0 Å². The molecular formula is C14H14Br2N2O. The van der Waals surface area contributed by atoms with Crippen molar-refractivity contribution in [2.45, 2.75) is 13.1 Å². The Morgan fingerprint density at radius 1 is 1.26 bits per heavy atom. The van der Waals surface area contributed by atoms with E-state index in [2.05, 4.69) is 66.3 Å². The molecule has 1 aromatic heterocycles. The summed E-state index contributed by atoms with van der Waals surface area (Å²) in [6.45, 7) is 3.67. The molecule has 2 heterocycles. The largest absolute Gasteiger partial charge is 0.451 e. The van der Waals surface area contributed by atoms with Gasteiger partial charge in [0.15, 0.2) is 4.67 Å². The zero-order valence-electron chi connectivity index (χ0n) is 10.3. The van der Waals surface area contributed by atoms with Crippen LogP contribution < -0.4 is 10.2 Å². The van der Waals surface area contributed by atoms with Crippen LogP contribution in [0, 0.1) is 0 Å². The van der Waals surface area contributed by atoms with Crippen molar-refractivity contribution >= 4 is 37.5 Å². The molecule has 1 aliphatic heterocycles. The Kier molecular flexibility index (Phi) is 3.96. The van der Waals surface area contributed by atoms with Crippen LogP contribution in [-0.4, -0.2) is 13.1 Å². The van der Waals surface area contributed by atoms with Crippen LogP contribution >= 0.6 is 31.9 Å². The molecule has 1 aliphatic rings. The Morgan fingerprint density at radius 2 is 2.11 bits per heavy atom. The van der Waals surface area contributed by atoms with Crippen molar-refractivity contribution in [3.8, 4) is 0 Å². The second kappa shape index (κ2) is 5.69. The fourth-order valence-electron chi connectivity index (χ4n) is 2.35. The van der Waals surface area contributed by atoms with Crippen molar-refractivity contribution in [2.24, 2.45) is 0 Å². The monoisotopic (exact) mass is 384 g/mol.